The van der Waals surface area contributed by atoms with Crippen molar-refractivity contribution in [3.05, 3.63) is 18.0 Å². The van der Waals surface area contributed by atoms with Gasteiger partial charge in [-0.15, -0.1) is 0 Å². The topological polar surface area (TPSA) is 50.9 Å². The first-order valence-corrected chi connectivity index (χ1v) is 4.51. The van der Waals surface area contributed by atoms with Crippen molar-refractivity contribution in [3.8, 4) is 0 Å². The molecule has 3 nitrogen and oxygen atoms in total. The number of alkyl halides is 3. The molecule has 1 aromatic rings. The van der Waals surface area contributed by atoms with Crippen LogP contribution in [0.1, 0.15) is 19.0 Å². The third-order valence-electron chi connectivity index (χ3n) is 1.79. The maximum absolute atomic E-state index is 12.3. The lowest BCUT2D eigenvalue weighted by Crippen LogP contribution is -2.11. The van der Waals surface area contributed by atoms with Gasteiger partial charge in [-0.2, -0.15) is 13.2 Å². The first kappa shape index (κ1) is 11.6. The molecule has 0 aliphatic rings. The predicted octanol–water partition coefficient (Wildman–Crippen LogP) is 2.50. The Morgan fingerprint density at radius 1 is 1.47 bits per heavy atom. The van der Waals surface area contributed by atoms with Gasteiger partial charge < -0.3 is 11.1 Å². The van der Waals surface area contributed by atoms with Crippen LogP contribution in [-0.4, -0.2) is 11.5 Å². The lowest BCUT2D eigenvalue weighted by atomic mass is 10.2. The molecule has 15 heavy (non-hydrogen) atoms. The average Bonchev–Trinajstić information content (AvgIpc) is 2.15. The lowest BCUT2D eigenvalue weighted by Gasteiger charge is -2.11. The molecular formula is C9H12F3N3. The second-order valence-corrected chi connectivity index (χ2v) is 3.08. The van der Waals surface area contributed by atoms with E-state index in [4.69, 9.17) is 5.73 Å². The van der Waals surface area contributed by atoms with Crippen molar-refractivity contribution >= 4 is 11.4 Å². The molecule has 84 valence electrons. The molecule has 0 unspecified atom stereocenters. The molecule has 1 rings (SSSR count). The van der Waals surface area contributed by atoms with Gasteiger partial charge in [0.1, 0.15) is 5.69 Å². The van der Waals surface area contributed by atoms with Gasteiger partial charge in [0, 0.05) is 6.54 Å². The number of anilines is 2. The molecule has 0 fully saturated rings. The smallest absolute Gasteiger partial charge is 0.396 e. The summed E-state index contributed by atoms with van der Waals surface area (Å²) in [6.45, 7) is 2.49. The number of halogens is 3. The number of nitrogens with two attached hydrogens (primary N) is 1. The minimum absolute atomic E-state index is 0.219. The van der Waals surface area contributed by atoms with E-state index in [-0.39, 0.29) is 11.4 Å². The molecule has 0 aliphatic heterocycles. The van der Waals surface area contributed by atoms with E-state index in [0.29, 0.717) is 6.54 Å². The summed E-state index contributed by atoms with van der Waals surface area (Å²) in [6, 6.07) is 0.922. The summed E-state index contributed by atoms with van der Waals surface area (Å²) in [6.07, 6.45) is -2.61. The highest BCUT2D eigenvalue weighted by Crippen LogP contribution is 2.30. The van der Waals surface area contributed by atoms with E-state index in [2.05, 4.69) is 10.3 Å². The monoisotopic (exact) mass is 219 g/mol. The van der Waals surface area contributed by atoms with Gasteiger partial charge in [-0.25, -0.2) is 4.98 Å². The van der Waals surface area contributed by atoms with E-state index in [0.717, 1.165) is 18.7 Å². The lowest BCUT2D eigenvalue weighted by molar-refractivity contribution is -0.141. The number of aromatic nitrogens is 1. The van der Waals surface area contributed by atoms with E-state index >= 15 is 0 Å². The van der Waals surface area contributed by atoms with Crippen LogP contribution in [0.5, 0.6) is 0 Å². The first-order valence-electron chi connectivity index (χ1n) is 4.51. The molecule has 0 aromatic carbocycles. The summed E-state index contributed by atoms with van der Waals surface area (Å²) in [5.74, 6) is 0. The van der Waals surface area contributed by atoms with Crippen molar-refractivity contribution in [1.29, 1.82) is 0 Å². The van der Waals surface area contributed by atoms with E-state index in [1.54, 1.807) is 0 Å². The summed E-state index contributed by atoms with van der Waals surface area (Å²) in [5, 5.41) is 2.81. The van der Waals surface area contributed by atoms with Gasteiger partial charge in [-0.05, 0) is 12.5 Å². The zero-order chi connectivity index (χ0) is 11.5. The minimum atomic E-state index is -4.43. The predicted molar refractivity (Wildman–Crippen MR) is 52.4 cm³/mol. The summed E-state index contributed by atoms with van der Waals surface area (Å²) >= 11 is 0. The van der Waals surface area contributed by atoms with Gasteiger partial charge in [0.2, 0.25) is 0 Å². The Kier molecular flexibility index (Phi) is 3.39. The SMILES string of the molecule is CCCNc1cc(C(F)(F)F)ncc1N. The third kappa shape index (κ3) is 3.00. The van der Waals surface area contributed by atoms with Crippen LogP contribution in [-0.2, 0) is 6.18 Å². The number of rotatable bonds is 3. The van der Waals surface area contributed by atoms with Crippen molar-refractivity contribution in [1.82, 2.24) is 4.98 Å². The maximum Gasteiger partial charge on any atom is 0.433 e. The van der Waals surface area contributed by atoms with E-state index in [1.807, 2.05) is 6.92 Å². The van der Waals surface area contributed by atoms with E-state index in [9.17, 15) is 13.2 Å². The number of nitrogens with one attached hydrogen (secondary N) is 1. The summed E-state index contributed by atoms with van der Waals surface area (Å²) in [5.41, 5.74) is 5.04. The molecule has 0 spiro atoms. The molecule has 1 aromatic heterocycles. The van der Waals surface area contributed by atoms with Gasteiger partial charge in [0.25, 0.3) is 0 Å². The number of hydrogen-bond donors (Lipinski definition) is 2. The highest BCUT2D eigenvalue weighted by Gasteiger charge is 2.32. The Bertz CT molecular complexity index is 336. The van der Waals surface area contributed by atoms with Crippen LogP contribution in [0.15, 0.2) is 12.3 Å². The van der Waals surface area contributed by atoms with Crippen molar-refractivity contribution in [3.63, 3.8) is 0 Å². The normalized spacial score (nSPS) is 11.5. The highest BCUT2D eigenvalue weighted by molar-refractivity contribution is 5.65. The third-order valence-corrected chi connectivity index (χ3v) is 1.79. The standard InChI is InChI=1S/C9H12F3N3/c1-2-3-14-7-4-8(9(10,11)12)15-5-6(7)13/h4-5H,2-3,13H2,1H3,(H,14,15). The number of hydrogen-bond acceptors (Lipinski definition) is 3. The molecule has 0 aliphatic carbocycles. The molecule has 0 bridgehead atoms. The Labute approximate surface area is 85.5 Å². The van der Waals surface area contributed by atoms with Gasteiger partial charge >= 0.3 is 6.18 Å². The van der Waals surface area contributed by atoms with Crippen molar-refractivity contribution in [2.45, 2.75) is 19.5 Å². The fraction of sp³-hybridized carbons (Fsp3) is 0.444. The summed E-state index contributed by atoms with van der Waals surface area (Å²) < 4.78 is 36.9. The molecule has 0 atom stereocenters. The fourth-order valence-corrected chi connectivity index (χ4v) is 1.03. The first-order chi connectivity index (χ1) is 6.95. The molecule has 6 heteroatoms. The van der Waals surface area contributed by atoms with E-state index in [1.165, 1.54) is 0 Å². The van der Waals surface area contributed by atoms with Crippen LogP contribution >= 0.6 is 0 Å². The van der Waals surface area contributed by atoms with Gasteiger partial charge in [0.15, 0.2) is 0 Å². The van der Waals surface area contributed by atoms with Crippen LogP contribution in [0, 0.1) is 0 Å². The minimum Gasteiger partial charge on any atom is -0.396 e. The average molecular weight is 219 g/mol. The largest absolute Gasteiger partial charge is 0.433 e. The highest BCUT2D eigenvalue weighted by atomic mass is 19.4. The molecule has 3 N–H and O–H groups in total. The van der Waals surface area contributed by atoms with Crippen molar-refractivity contribution in [2.24, 2.45) is 0 Å². The Morgan fingerprint density at radius 3 is 2.67 bits per heavy atom. The molecule has 0 radical (unpaired) electrons. The van der Waals surface area contributed by atoms with Crippen LogP contribution in [0.3, 0.4) is 0 Å². The summed E-state index contributed by atoms with van der Waals surface area (Å²) in [7, 11) is 0. The van der Waals surface area contributed by atoms with Crippen molar-refractivity contribution < 1.29 is 13.2 Å². The second kappa shape index (κ2) is 4.37. The van der Waals surface area contributed by atoms with Crippen LogP contribution < -0.4 is 11.1 Å². The Morgan fingerprint density at radius 2 is 2.13 bits per heavy atom. The second-order valence-electron chi connectivity index (χ2n) is 3.08. The number of nitrogens with zero attached hydrogens (tertiary/aromatic N) is 1. The molecule has 1 heterocycles. The fourth-order valence-electron chi connectivity index (χ4n) is 1.03. The molecule has 0 saturated carbocycles. The summed E-state index contributed by atoms with van der Waals surface area (Å²) in [4.78, 5) is 3.23. The van der Waals surface area contributed by atoms with Crippen molar-refractivity contribution in [2.75, 3.05) is 17.6 Å². The zero-order valence-corrected chi connectivity index (χ0v) is 8.23. The Hall–Kier alpha value is -1.46. The van der Waals surface area contributed by atoms with Crippen LogP contribution in [0.25, 0.3) is 0 Å². The maximum atomic E-state index is 12.3. The van der Waals surface area contributed by atoms with Crippen LogP contribution in [0.2, 0.25) is 0 Å². The molecule has 0 saturated heterocycles. The van der Waals surface area contributed by atoms with Crippen LogP contribution in [0.4, 0.5) is 24.5 Å². The van der Waals surface area contributed by atoms with Gasteiger partial charge in [-0.3, -0.25) is 0 Å². The van der Waals surface area contributed by atoms with Gasteiger partial charge in [0.05, 0.1) is 17.6 Å². The molecule has 0 amide bonds. The van der Waals surface area contributed by atoms with E-state index < -0.39 is 11.9 Å². The molecular weight excluding hydrogens is 207 g/mol. The Balaban J connectivity index is 2.95. The zero-order valence-electron chi connectivity index (χ0n) is 8.23. The number of pyridine rings is 1. The number of nitrogen functional groups attached to an aromatic ring is 1. The quantitative estimate of drug-likeness (QED) is 0.821. The van der Waals surface area contributed by atoms with Gasteiger partial charge in [-0.1, -0.05) is 6.92 Å².